The standard InChI is InChI=1S/C14H11BrClN3O3S/c15-9-3-1-2-4-11(9)17-14(20)18-12-6-5-10(16)8-7-23(21,22)19-13(8)12/h1-6,19H,7H2,(H2,17,18,20). The Kier molecular flexibility index (Phi) is 4.22. The smallest absolute Gasteiger partial charge is 0.307 e. The summed E-state index contributed by atoms with van der Waals surface area (Å²) in [6, 6.07) is 9.75. The fraction of sp³-hybridized carbons (Fsp3) is 0.0714. The maximum Gasteiger partial charge on any atom is 0.323 e. The molecule has 0 spiro atoms. The summed E-state index contributed by atoms with van der Waals surface area (Å²) < 4.78 is 26.6. The summed E-state index contributed by atoms with van der Waals surface area (Å²) in [6.45, 7) is 0. The first-order valence-electron chi connectivity index (χ1n) is 6.50. The summed E-state index contributed by atoms with van der Waals surface area (Å²) in [5.41, 5.74) is 1.69. The Morgan fingerprint density at radius 3 is 2.57 bits per heavy atom. The lowest BCUT2D eigenvalue weighted by atomic mass is 10.1. The van der Waals surface area contributed by atoms with Crippen LogP contribution < -0.4 is 15.4 Å². The Morgan fingerprint density at radius 2 is 1.83 bits per heavy atom. The molecule has 2 aromatic rings. The van der Waals surface area contributed by atoms with Gasteiger partial charge in [-0.2, -0.15) is 0 Å². The number of halogens is 2. The van der Waals surface area contributed by atoms with E-state index in [2.05, 4.69) is 31.3 Å². The number of amides is 2. The van der Waals surface area contributed by atoms with Crippen molar-refractivity contribution in [1.29, 1.82) is 0 Å². The van der Waals surface area contributed by atoms with Gasteiger partial charge in [0.2, 0.25) is 10.0 Å². The second kappa shape index (κ2) is 6.03. The lowest BCUT2D eigenvalue weighted by Gasteiger charge is -2.12. The molecule has 2 aromatic carbocycles. The van der Waals surface area contributed by atoms with Gasteiger partial charge in [-0.1, -0.05) is 23.7 Å². The van der Waals surface area contributed by atoms with Gasteiger partial charge < -0.3 is 10.6 Å². The largest absolute Gasteiger partial charge is 0.323 e. The van der Waals surface area contributed by atoms with Crippen LogP contribution in [-0.4, -0.2) is 14.4 Å². The van der Waals surface area contributed by atoms with Gasteiger partial charge in [0.25, 0.3) is 0 Å². The number of benzene rings is 2. The van der Waals surface area contributed by atoms with E-state index in [-0.39, 0.29) is 5.75 Å². The molecule has 0 bridgehead atoms. The van der Waals surface area contributed by atoms with Crippen LogP contribution in [0.25, 0.3) is 0 Å². The topological polar surface area (TPSA) is 87.3 Å². The molecule has 23 heavy (non-hydrogen) atoms. The fourth-order valence-electron chi connectivity index (χ4n) is 2.20. The van der Waals surface area contributed by atoms with Crippen LogP contribution in [0.2, 0.25) is 5.02 Å². The number of hydrogen-bond acceptors (Lipinski definition) is 3. The molecule has 3 rings (SSSR count). The van der Waals surface area contributed by atoms with Gasteiger partial charge in [-0.05, 0) is 40.2 Å². The lowest BCUT2D eigenvalue weighted by Crippen LogP contribution is -2.20. The summed E-state index contributed by atoms with van der Waals surface area (Å²) in [4.78, 5) is 12.1. The Balaban J connectivity index is 1.84. The predicted molar refractivity (Wildman–Crippen MR) is 94.5 cm³/mol. The highest BCUT2D eigenvalue weighted by Gasteiger charge is 2.28. The Labute approximate surface area is 146 Å². The van der Waals surface area contributed by atoms with E-state index in [9.17, 15) is 13.2 Å². The van der Waals surface area contributed by atoms with E-state index in [0.29, 0.717) is 27.6 Å². The Bertz CT molecular complexity index is 902. The number of sulfonamides is 1. The minimum Gasteiger partial charge on any atom is -0.307 e. The fourth-order valence-corrected chi connectivity index (χ4v) is 4.19. The molecule has 0 aliphatic carbocycles. The molecule has 120 valence electrons. The maximum atomic E-state index is 12.1. The van der Waals surface area contributed by atoms with Crippen LogP contribution in [0.4, 0.5) is 21.9 Å². The lowest BCUT2D eigenvalue weighted by molar-refractivity contribution is 0.262. The number of anilines is 3. The van der Waals surface area contributed by atoms with E-state index in [1.54, 1.807) is 30.3 Å². The van der Waals surface area contributed by atoms with Gasteiger partial charge in [-0.25, -0.2) is 13.2 Å². The number of para-hydroxylation sites is 1. The number of carbonyl (C=O) groups excluding carboxylic acids is 1. The highest BCUT2D eigenvalue weighted by Crippen LogP contribution is 2.38. The molecule has 0 radical (unpaired) electrons. The molecule has 0 aromatic heterocycles. The van der Waals surface area contributed by atoms with Crippen LogP contribution in [0.5, 0.6) is 0 Å². The number of carbonyl (C=O) groups is 1. The summed E-state index contributed by atoms with van der Waals surface area (Å²) in [6.07, 6.45) is 0. The molecule has 0 saturated heterocycles. The molecule has 1 heterocycles. The van der Waals surface area contributed by atoms with Crippen molar-refractivity contribution in [2.75, 3.05) is 15.4 Å². The van der Waals surface area contributed by atoms with E-state index in [1.165, 1.54) is 0 Å². The third-order valence-corrected chi connectivity index (χ3v) is 5.45. The van der Waals surface area contributed by atoms with Crippen molar-refractivity contribution < 1.29 is 13.2 Å². The third kappa shape index (κ3) is 3.44. The second-order valence-corrected chi connectivity index (χ2v) is 7.85. The molecule has 6 nitrogen and oxygen atoms in total. The SMILES string of the molecule is O=C(Nc1ccccc1Br)Nc1ccc(Cl)c2c1NS(=O)(=O)C2. The van der Waals surface area contributed by atoms with Crippen LogP contribution >= 0.6 is 27.5 Å². The highest BCUT2D eigenvalue weighted by molar-refractivity contribution is 9.10. The van der Waals surface area contributed by atoms with E-state index >= 15 is 0 Å². The normalized spacial score (nSPS) is 14.7. The number of hydrogen-bond donors (Lipinski definition) is 3. The van der Waals surface area contributed by atoms with Crippen LogP contribution in [-0.2, 0) is 15.8 Å². The van der Waals surface area contributed by atoms with Crippen molar-refractivity contribution >= 4 is 60.6 Å². The zero-order valence-corrected chi connectivity index (χ0v) is 14.7. The zero-order chi connectivity index (χ0) is 16.6. The molecule has 9 heteroatoms. The van der Waals surface area contributed by atoms with Gasteiger partial charge in [0, 0.05) is 15.1 Å². The van der Waals surface area contributed by atoms with Gasteiger partial charge >= 0.3 is 6.03 Å². The molecule has 0 unspecified atom stereocenters. The number of urea groups is 1. The summed E-state index contributed by atoms with van der Waals surface area (Å²) in [5, 5.41) is 5.64. The zero-order valence-electron chi connectivity index (χ0n) is 11.6. The molecule has 2 amide bonds. The molecule has 0 fully saturated rings. The first-order valence-corrected chi connectivity index (χ1v) is 9.32. The Morgan fingerprint density at radius 1 is 1.13 bits per heavy atom. The van der Waals surface area contributed by atoms with Crippen molar-refractivity contribution in [2.24, 2.45) is 0 Å². The number of nitrogens with one attached hydrogen (secondary N) is 3. The van der Waals surface area contributed by atoms with E-state index in [4.69, 9.17) is 11.6 Å². The monoisotopic (exact) mass is 415 g/mol. The third-order valence-electron chi connectivity index (χ3n) is 3.22. The van der Waals surface area contributed by atoms with Crippen LogP contribution in [0.1, 0.15) is 5.56 Å². The van der Waals surface area contributed by atoms with E-state index in [0.717, 1.165) is 4.47 Å². The minimum atomic E-state index is -3.47. The summed E-state index contributed by atoms with van der Waals surface area (Å²) in [7, 11) is -3.47. The van der Waals surface area contributed by atoms with Gasteiger partial charge in [-0.15, -0.1) is 0 Å². The van der Waals surface area contributed by atoms with Crippen molar-refractivity contribution in [1.82, 2.24) is 0 Å². The average molecular weight is 417 g/mol. The molecular weight excluding hydrogens is 406 g/mol. The first kappa shape index (κ1) is 16.1. The van der Waals surface area contributed by atoms with Crippen LogP contribution in [0.15, 0.2) is 40.9 Å². The number of rotatable bonds is 2. The quantitative estimate of drug-likeness (QED) is 0.691. The molecule has 1 aliphatic heterocycles. The van der Waals surface area contributed by atoms with Crippen molar-refractivity contribution in [3.63, 3.8) is 0 Å². The predicted octanol–water partition coefficient (Wildman–Crippen LogP) is 4.00. The first-order chi connectivity index (χ1) is 10.9. The molecule has 0 atom stereocenters. The van der Waals surface area contributed by atoms with Gasteiger partial charge in [0.05, 0.1) is 22.8 Å². The Hall–Kier alpha value is -1.77. The molecule has 0 saturated carbocycles. The van der Waals surface area contributed by atoms with Gasteiger partial charge in [0.15, 0.2) is 0 Å². The van der Waals surface area contributed by atoms with Crippen LogP contribution in [0.3, 0.4) is 0 Å². The summed E-state index contributed by atoms with van der Waals surface area (Å²) in [5.74, 6) is -0.206. The van der Waals surface area contributed by atoms with Crippen molar-refractivity contribution in [2.45, 2.75) is 5.75 Å². The average Bonchev–Trinajstić information content (AvgIpc) is 2.81. The van der Waals surface area contributed by atoms with Crippen molar-refractivity contribution in [3.05, 3.63) is 51.5 Å². The van der Waals surface area contributed by atoms with Crippen molar-refractivity contribution in [3.8, 4) is 0 Å². The number of fused-ring (bicyclic) bond motifs is 1. The molecule has 1 aliphatic rings. The van der Waals surface area contributed by atoms with Gasteiger partial charge in [-0.3, -0.25) is 4.72 Å². The minimum absolute atomic E-state index is 0.206. The van der Waals surface area contributed by atoms with Gasteiger partial charge in [0.1, 0.15) is 0 Å². The molecule has 3 N–H and O–H groups in total. The molecular formula is C14H11BrClN3O3S. The maximum absolute atomic E-state index is 12.1. The van der Waals surface area contributed by atoms with Crippen LogP contribution in [0, 0.1) is 0 Å². The van der Waals surface area contributed by atoms with E-state index in [1.807, 2.05) is 6.07 Å². The summed E-state index contributed by atoms with van der Waals surface area (Å²) >= 11 is 9.35. The second-order valence-electron chi connectivity index (χ2n) is 4.87. The van der Waals surface area contributed by atoms with E-state index < -0.39 is 16.1 Å². The highest BCUT2D eigenvalue weighted by atomic mass is 79.9.